The molecule has 0 unspecified atom stereocenters. The number of nitro benzene ring substituents is 1. The largest absolute Gasteiger partial charge is 0.462 e. The average molecular weight is 503 g/mol. The molecule has 4 rings (SSSR count). The van der Waals surface area contributed by atoms with E-state index >= 15 is 0 Å². The van der Waals surface area contributed by atoms with Crippen molar-refractivity contribution >= 4 is 28.6 Å². The van der Waals surface area contributed by atoms with Crippen molar-refractivity contribution in [3.63, 3.8) is 0 Å². The van der Waals surface area contributed by atoms with Gasteiger partial charge in [-0.2, -0.15) is 0 Å². The number of rotatable bonds is 8. The molecule has 0 atom stereocenters. The SMILES string of the molecule is CCCOC(=O)c1ccc(Oc2c(C)oc3cc(OC(=O)c4cccc([N+](=O)[O-])c4)ccc3c2=O)cc1. The van der Waals surface area contributed by atoms with Crippen LogP contribution in [0, 0.1) is 17.0 Å². The fraction of sp³-hybridized carbons (Fsp3) is 0.148. The van der Waals surface area contributed by atoms with E-state index < -0.39 is 22.3 Å². The van der Waals surface area contributed by atoms with Crippen molar-refractivity contribution in [3.05, 3.63) is 104 Å². The molecule has 37 heavy (non-hydrogen) atoms. The molecule has 0 aliphatic heterocycles. The molecule has 4 aromatic rings. The quantitative estimate of drug-likeness (QED) is 0.130. The summed E-state index contributed by atoms with van der Waals surface area (Å²) in [6, 6.07) is 15.5. The van der Waals surface area contributed by atoms with Gasteiger partial charge in [-0.1, -0.05) is 13.0 Å². The van der Waals surface area contributed by atoms with E-state index in [4.69, 9.17) is 18.6 Å². The Morgan fingerprint density at radius 3 is 2.38 bits per heavy atom. The minimum absolute atomic E-state index is 0.000299. The summed E-state index contributed by atoms with van der Waals surface area (Å²) in [6.45, 7) is 3.77. The van der Waals surface area contributed by atoms with E-state index in [0.29, 0.717) is 24.3 Å². The fourth-order valence-electron chi connectivity index (χ4n) is 3.42. The molecule has 0 radical (unpaired) electrons. The van der Waals surface area contributed by atoms with Gasteiger partial charge in [-0.05, 0) is 55.8 Å². The van der Waals surface area contributed by atoms with Gasteiger partial charge in [-0.15, -0.1) is 0 Å². The number of benzene rings is 3. The van der Waals surface area contributed by atoms with Crippen LogP contribution < -0.4 is 14.9 Å². The molecular weight excluding hydrogens is 482 g/mol. The van der Waals surface area contributed by atoms with Crippen molar-refractivity contribution in [1.82, 2.24) is 0 Å². The summed E-state index contributed by atoms with van der Waals surface area (Å²) in [5, 5.41) is 11.1. The highest BCUT2D eigenvalue weighted by Crippen LogP contribution is 2.28. The van der Waals surface area contributed by atoms with Gasteiger partial charge in [0.25, 0.3) is 5.69 Å². The molecule has 0 bridgehead atoms. The van der Waals surface area contributed by atoms with E-state index in [-0.39, 0.29) is 39.5 Å². The standard InChI is InChI=1S/C27H21NO9/c1-3-13-34-26(30)17-7-9-20(10-8-17)36-25-16(2)35-23-15-21(11-12-22(23)24(25)29)37-27(31)18-5-4-6-19(14-18)28(32)33/h4-12,14-15H,3,13H2,1-2H3. The Labute approximate surface area is 210 Å². The van der Waals surface area contributed by atoms with Crippen LogP contribution in [-0.2, 0) is 4.74 Å². The van der Waals surface area contributed by atoms with Crippen LogP contribution in [-0.4, -0.2) is 23.5 Å². The van der Waals surface area contributed by atoms with Crippen molar-refractivity contribution in [2.45, 2.75) is 20.3 Å². The predicted molar refractivity (Wildman–Crippen MR) is 132 cm³/mol. The lowest BCUT2D eigenvalue weighted by atomic mass is 10.2. The third-order valence-corrected chi connectivity index (χ3v) is 5.24. The van der Waals surface area contributed by atoms with Crippen LogP contribution in [0.2, 0.25) is 0 Å². The van der Waals surface area contributed by atoms with Crippen LogP contribution >= 0.6 is 0 Å². The first kappa shape index (κ1) is 25.1. The van der Waals surface area contributed by atoms with Crippen molar-refractivity contribution in [3.8, 4) is 17.2 Å². The molecule has 188 valence electrons. The molecule has 0 aliphatic carbocycles. The Kier molecular flexibility index (Phi) is 7.28. The lowest BCUT2D eigenvalue weighted by Crippen LogP contribution is -2.10. The molecule has 3 aromatic carbocycles. The molecule has 1 aromatic heterocycles. The van der Waals surface area contributed by atoms with Crippen LogP contribution in [0.4, 0.5) is 5.69 Å². The smallest absolute Gasteiger partial charge is 0.343 e. The number of fused-ring (bicyclic) bond motifs is 1. The zero-order valence-electron chi connectivity index (χ0n) is 19.9. The Hall–Kier alpha value is -4.99. The molecule has 0 amide bonds. The topological polar surface area (TPSA) is 135 Å². The minimum atomic E-state index is -0.802. The van der Waals surface area contributed by atoms with Gasteiger partial charge in [0.1, 0.15) is 22.8 Å². The van der Waals surface area contributed by atoms with E-state index in [0.717, 1.165) is 6.07 Å². The van der Waals surface area contributed by atoms with E-state index in [1.165, 1.54) is 48.5 Å². The second-order valence-electron chi connectivity index (χ2n) is 7.93. The molecule has 0 saturated carbocycles. The Balaban J connectivity index is 1.55. The van der Waals surface area contributed by atoms with Gasteiger partial charge in [-0.3, -0.25) is 14.9 Å². The zero-order chi connectivity index (χ0) is 26.5. The van der Waals surface area contributed by atoms with Crippen molar-refractivity contribution in [2.75, 3.05) is 6.61 Å². The van der Waals surface area contributed by atoms with E-state index in [1.807, 2.05) is 6.92 Å². The lowest BCUT2D eigenvalue weighted by Gasteiger charge is -2.10. The number of hydrogen-bond acceptors (Lipinski definition) is 9. The summed E-state index contributed by atoms with van der Waals surface area (Å²) in [6.07, 6.45) is 0.714. The fourth-order valence-corrected chi connectivity index (χ4v) is 3.42. The summed E-state index contributed by atoms with van der Waals surface area (Å²) >= 11 is 0. The number of carbonyl (C=O) groups excluding carboxylic acids is 2. The molecule has 10 nitrogen and oxygen atoms in total. The number of hydrogen-bond donors (Lipinski definition) is 0. The van der Waals surface area contributed by atoms with Gasteiger partial charge in [0.05, 0.1) is 28.0 Å². The number of aryl methyl sites for hydroxylation is 1. The first-order chi connectivity index (χ1) is 17.8. The molecule has 10 heteroatoms. The zero-order valence-corrected chi connectivity index (χ0v) is 19.9. The van der Waals surface area contributed by atoms with E-state index in [1.54, 1.807) is 19.1 Å². The van der Waals surface area contributed by atoms with Gasteiger partial charge >= 0.3 is 11.9 Å². The maximum atomic E-state index is 13.1. The van der Waals surface area contributed by atoms with Crippen LogP contribution in [0.1, 0.15) is 39.8 Å². The molecule has 0 N–H and O–H groups in total. The molecular formula is C27H21NO9. The van der Waals surface area contributed by atoms with Gasteiger partial charge in [0.15, 0.2) is 0 Å². The minimum Gasteiger partial charge on any atom is -0.462 e. The van der Waals surface area contributed by atoms with Crippen molar-refractivity contribution < 1.29 is 33.1 Å². The summed E-state index contributed by atoms with van der Waals surface area (Å²) < 4.78 is 21.9. The van der Waals surface area contributed by atoms with Gasteiger partial charge < -0.3 is 18.6 Å². The highest BCUT2D eigenvalue weighted by atomic mass is 16.6. The number of non-ortho nitro benzene ring substituents is 1. The highest BCUT2D eigenvalue weighted by molar-refractivity contribution is 5.92. The van der Waals surface area contributed by atoms with Crippen molar-refractivity contribution in [2.24, 2.45) is 0 Å². The van der Waals surface area contributed by atoms with E-state index in [9.17, 15) is 24.5 Å². The lowest BCUT2D eigenvalue weighted by molar-refractivity contribution is -0.384. The van der Waals surface area contributed by atoms with Crippen molar-refractivity contribution in [1.29, 1.82) is 0 Å². The third kappa shape index (κ3) is 5.64. The second-order valence-corrected chi connectivity index (χ2v) is 7.93. The second kappa shape index (κ2) is 10.7. The van der Waals surface area contributed by atoms with Crippen LogP contribution in [0.25, 0.3) is 11.0 Å². The monoisotopic (exact) mass is 503 g/mol. The Morgan fingerprint density at radius 2 is 1.68 bits per heavy atom. The first-order valence-electron chi connectivity index (χ1n) is 11.3. The molecule has 1 heterocycles. The first-order valence-corrected chi connectivity index (χ1v) is 11.3. The average Bonchev–Trinajstić information content (AvgIpc) is 2.90. The summed E-state index contributed by atoms with van der Waals surface area (Å²) in [7, 11) is 0. The highest BCUT2D eigenvalue weighted by Gasteiger charge is 2.17. The number of esters is 2. The van der Waals surface area contributed by atoms with Gasteiger partial charge in [0, 0.05) is 18.2 Å². The number of nitrogens with zero attached hydrogens (tertiary/aromatic N) is 1. The van der Waals surface area contributed by atoms with Crippen LogP contribution in [0.15, 0.2) is 75.9 Å². The third-order valence-electron chi connectivity index (χ3n) is 5.24. The Morgan fingerprint density at radius 1 is 0.946 bits per heavy atom. The molecule has 0 saturated heterocycles. The number of carbonyl (C=O) groups is 2. The summed E-state index contributed by atoms with van der Waals surface area (Å²) in [5.74, 6) is -0.683. The van der Waals surface area contributed by atoms with Gasteiger partial charge in [-0.25, -0.2) is 9.59 Å². The molecule has 0 spiro atoms. The normalized spacial score (nSPS) is 10.6. The van der Waals surface area contributed by atoms with Gasteiger partial charge in [0.2, 0.25) is 11.2 Å². The summed E-state index contributed by atoms with van der Waals surface area (Å²) in [4.78, 5) is 47.8. The maximum absolute atomic E-state index is 13.1. The van der Waals surface area contributed by atoms with Crippen LogP contribution in [0.3, 0.4) is 0 Å². The summed E-state index contributed by atoms with van der Waals surface area (Å²) in [5.41, 5.74) is -0.168. The molecule has 0 fully saturated rings. The number of ether oxygens (including phenoxy) is 3. The predicted octanol–water partition coefficient (Wildman–Crippen LogP) is 5.59. The van der Waals surface area contributed by atoms with E-state index in [2.05, 4.69) is 0 Å². The maximum Gasteiger partial charge on any atom is 0.343 e. The Bertz CT molecular complexity index is 1550. The molecule has 0 aliphatic rings. The number of nitro groups is 1. The van der Waals surface area contributed by atoms with Crippen LogP contribution in [0.5, 0.6) is 17.2 Å².